The van der Waals surface area contributed by atoms with Crippen LogP contribution in [0.1, 0.15) is 12.7 Å². The van der Waals surface area contributed by atoms with Gasteiger partial charge in [0.15, 0.2) is 0 Å². The third-order valence-electron chi connectivity index (χ3n) is 1.14. The van der Waals surface area contributed by atoms with Crippen molar-refractivity contribution in [3.63, 3.8) is 0 Å². The number of nitrogens with one attached hydrogen (secondary N) is 1. The van der Waals surface area contributed by atoms with E-state index in [0.29, 0.717) is 5.82 Å². The number of hydrogen-bond donors (Lipinski definition) is 1. The number of hydrogen-bond acceptors (Lipinski definition) is 3. The monoisotopic (exact) mass is 152 g/mol. The first-order chi connectivity index (χ1) is 5.18. The van der Waals surface area contributed by atoms with E-state index in [1.807, 2.05) is 0 Å². The molecule has 0 amide bonds. The van der Waals surface area contributed by atoms with Gasteiger partial charge in [-0.2, -0.15) is 0 Å². The second kappa shape index (κ2) is 3.09. The molecule has 1 heterocycles. The second-order valence-electron chi connectivity index (χ2n) is 2.26. The summed E-state index contributed by atoms with van der Waals surface area (Å²) >= 11 is 0. The van der Waals surface area contributed by atoms with E-state index in [0.717, 1.165) is 0 Å². The van der Waals surface area contributed by atoms with Crippen molar-refractivity contribution in [2.75, 3.05) is 0 Å². The fraction of sp³-hybridized carbons (Fsp3) is 0.286. The van der Waals surface area contributed by atoms with E-state index in [9.17, 15) is 9.59 Å². The van der Waals surface area contributed by atoms with Crippen LogP contribution in [0.5, 0.6) is 0 Å². The summed E-state index contributed by atoms with van der Waals surface area (Å²) in [5.74, 6) is 0.407. The third-order valence-corrected chi connectivity index (χ3v) is 1.14. The van der Waals surface area contributed by atoms with Crippen LogP contribution in [0.2, 0.25) is 0 Å². The summed E-state index contributed by atoms with van der Waals surface area (Å²) in [6.45, 7) is 1.45. The third kappa shape index (κ3) is 2.33. The fourth-order valence-electron chi connectivity index (χ4n) is 0.737. The summed E-state index contributed by atoms with van der Waals surface area (Å²) in [4.78, 5) is 27.5. The number of rotatable bonds is 2. The Labute approximate surface area is 63.3 Å². The van der Waals surface area contributed by atoms with Gasteiger partial charge in [0, 0.05) is 12.3 Å². The van der Waals surface area contributed by atoms with Gasteiger partial charge in [-0.3, -0.25) is 9.59 Å². The highest BCUT2D eigenvalue weighted by atomic mass is 16.1. The predicted molar refractivity (Wildman–Crippen MR) is 39.2 cm³/mol. The number of nitrogens with zero attached hydrogens (tertiary/aromatic N) is 1. The summed E-state index contributed by atoms with van der Waals surface area (Å²) in [6.07, 6.45) is 1.58. The van der Waals surface area contributed by atoms with Gasteiger partial charge in [0.25, 0.3) is 5.56 Å². The first-order valence-corrected chi connectivity index (χ1v) is 3.22. The quantitative estimate of drug-likeness (QED) is 0.643. The molecule has 1 N–H and O–H groups in total. The molecule has 0 saturated carbocycles. The topological polar surface area (TPSA) is 62.8 Å². The molecule has 58 valence electrons. The molecule has 11 heavy (non-hydrogen) atoms. The highest BCUT2D eigenvalue weighted by molar-refractivity contribution is 5.77. The van der Waals surface area contributed by atoms with E-state index in [2.05, 4.69) is 9.97 Å². The van der Waals surface area contributed by atoms with Crippen molar-refractivity contribution in [3.8, 4) is 0 Å². The zero-order valence-corrected chi connectivity index (χ0v) is 6.13. The molecule has 1 aromatic rings. The molecular formula is C7H8N2O2. The predicted octanol–water partition coefficient (Wildman–Crippen LogP) is -0.0986. The van der Waals surface area contributed by atoms with Crippen LogP contribution in [0.3, 0.4) is 0 Å². The van der Waals surface area contributed by atoms with Gasteiger partial charge in [0.1, 0.15) is 11.6 Å². The molecule has 4 nitrogen and oxygen atoms in total. The molecule has 1 aromatic heterocycles. The molecule has 0 atom stereocenters. The van der Waals surface area contributed by atoms with Crippen molar-refractivity contribution in [2.45, 2.75) is 13.3 Å². The summed E-state index contributed by atoms with van der Waals surface area (Å²) < 4.78 is 0. The van der Waals surface area contributed by atoms with Crippen molar-refractivity contribution in [1.82, 2.24) is 9.97 Å². The van der Waals surface area contributed by atoms with Crippen LogP contribution in [0, 0.1) is 0 Å². The van der Waals surface area contributed by atoms with Crippen LogP contribution < -0.4 is 5.56 Å². The van der Waals surface area contributed by atoms with Crippen LogP contribution in [0.25, 0.3) is 0 Å². The first-order valence-electron chi connectivity index (χ1n) is 3.22. The second-order valence-corrected chi connectivity index (χ2v) is 2.26. The van der Waals surface area contributed by atoms with Gasteiger partial charge in [-0.05, 0) is 6.92 Å². The van der Waals surface area contributed by atoms with Crippen LogP contribution in [0.4, 0.5) is 0 Å². The highest BCUT2D eigenvalue weighted by Gasteiger charge is 1.97. The SMILES string of the molecule is CC(=O)Cc1nccc(=O)[nH]1. The Kier molecular flexibility index (Phi) is 2.15. The first kappa shape index (κ1) is 7.65. The number of H-pyrrole nitrogens is 1. The minimum atomic E-state index is -0.226. The van der Waals surface area contributed by atoms with E-state index in [4.69, 9.17) is 0 Å². The molecule has 1 rings (SSSR count). The number of aromatic nitrogens is 2. The van der Waals surface area contributed by atoms with Gasteiger partial charge < -0.3 is 4.98 Å². The lowest BCUT2D eigenvalue weighted by Crippen LogP contribution is -2.11. The maximum absolute atomic E-state index is 10.7. The maximum atomic E-state index is 10.7. The average Bonchev–Trinajstić information content (AvgIpc) is 1.85. The fourth-order valence-corrected chi connectivity index (χ4v) is 0.737. The Bertz CT molecular complexity index is 316. The molecule has 0 aromatic carbocycles. The number of carbonyl (C=O) groups excluding carboxylic acids is 1. The van der Waals surface area contributed by atoms with Crippen molar-refractivity contribution in [3.05, 3.63) is 28.4 Å². The minimum absolute atomic E-state index is 0.0145. The molecule has 4 heteroatoms. The van der Waals surface area contributed by atoms with Crippen molar-refractivity contribution < 1.29 is 4.79 Å². The lowest BCUT2D eigenvalue weighted by atomic mass is 10.3. The molecule has 0 spiro atoms. The number of aromatic amines is 1. The van der Waals surface area contributed by atoms with Gasteiger partial charge in [-0.1, -0.05) is 0 Å². The smallest absolute Gasteiger partial charge is 0.250 e. The van der Waals surface area contributed by atoms with E-state index >= 15 is 0 Å². The van der Waals surface area contributed by atoms with E-state index in [1.165, 1.54) is 19.2 Å². The highest BCUT2D eigenvalue weighted by Crippen LogP contribution is 1.86. The van der Waals surface area contributed by atoms with Crippen molar-refractivity contribution >= 4 is 5.78 Å². The number of carbonyl (C=O) groups is 1. The Morgan fingerprint density at radius 2 is 2.45 bits per heavy atom. The molecule has 0 radical (unpaired) electrons. The van der Waals surface area contributed by atoms with Crippen molar-refractivity contribution in [1.29, 1.82) is 0 Å². The van der Waals surface area contributed by atoms with E-state index in [-0.39, 0.29) is 17.8 Å². The van der Waals surface area contributed by atoms with Crippen LogP contribution in [0.15, 0.2) is 17.1 Å². The van der Waals surface area contributed by atoms with Crippen LogP contribution in [-0.2, 0) is 11.2 Å². The average molecular weight is 152 g/mol. The normalized spacial score (nSPS) is 9.55. The molecular weight excluding hydrogens is 144 g/mol. The zero-order chi connectivity index (χ0) is 8.27. The Balaban J connectivity index is 2.88. The van der Waals surface area contributed by atoms with Gasteiger partial charge in [-0.25, -0.2) is 4.98 Å². The zero-order valence-electron chi connectivity index (χ0n) is 6.13. The summed E-state index contributed by atoms with van der Waals surface area (Å²) in [5.41, 5.74) is -0.226. The van der Waals surface area contributed by atoms with Gasteiger partial charge in [0.2, 0.25) is 0 Å². The van der Waals surface area contributed by atoms with E-state index < -0.39 is 0 Å². The lowest BCUT2D eigenvalue weighted by molar-refractivity contribution is -0.116. The summed E-state index contributed by atoms with van der Waals surface area (Å²) in [7, 11) is 0. The maximum Gasteiger partial charge on any atom is 0.250 e. The number of Topliss-reactive ketones (excluding diaryl/α,β-unsaturated/α-hetero) is 1. The molecule has 0 aliphatic carbocycles. The molecule has 0 aliphatic rings. The van der Waals surface area contributed by atoms with Crippen LogP contribution >= 0.6 is 0 Å². The van der Waals surface area contributed by atoms with Crippen LogP contribution in [-0.4, -0.2) is 15.8 Å². The Hall–Kier alpha value is -1.45. The summed E-state index contributed by atoms with van der Waals surface area (Å²) in [6, 6.07) is 1.31. The minimum Gasteiger partial charge on any atom is -0.310 e. The van der Waals surface area contributed by atoms with Gasteiger partial charge in [-0.15, -0.1) is 0 Å². The van der Waals surface area contributed by atoms with E-state index in [1.54, 1.807) is 0 Å². The molecule has 0 unspecified atom stereocenters. The lowest BCUT2D eigenvalue weighted by Gasteiger charge is -1.93. The Morgan fingerprint density at radius 3 is 3.00 bits per heavy atom. The van der Waals surface area contributed by atoms with Gasteiger partial charge >= 0.3 is 0 Å². The molecule has 0 saturated heterocycles. The Morgan fingerprint density at radius 1 is 1.73 bits per heavy atom. The standard InChI is InChI=1S/C7H8N2O2/c1-5(10)4-6-8-3-2-7(11)9-6/h2-3H,4H2,1H3,(H,8,9,11). The molecule has 0 bridgehead atoms. The molecule has 0 aliphatic heterocycles. The van der Waals surface area contributed by atoms with Gasteiger partial charge in [0.05, 0.1) is 6.42 Å². The summed E-state index contributed by atoms with van der Waals surface area (Å²) in [5, 5.41) is 0. The van der Waals surface area contributed by atoms with Crippen molar-refractivity contribution in [2.24, 2.45) is 0 Å². The molecule has 0 fully saturated rings. The number of ketones is 1. The largest absolute Gasteiger partial charge is 0.310 e.